The number of amides is 1. The average molecular weight is 361 g/mol. The molecule has 2 aromatic carbocycles. The van der Waals surface area contributed by atoms with Gasteiger partial charge in [-0.2, -0.15) is 0 Å². The zero-order chi connectivity index (χ0) is 18.0. The van der Waals surface area contributed by atoms with Crippen LogP contribution < -0.4 is 5.32 Å². The quantitative estimate of drug-likeness (QED) is 0.847. The van der Waals surface area contributed by atoms with E-state index in [2.05, 4.69) is 5.32 Å². The maximum atomic E-state index is 13.9. The van der Waals surface area contributed by atoms with Crippen molar-refractivity contribution in [1.29, 1.82) is 0 Å². The van der Waals surface area contributed by atoms with Crippen molar-refractivity contribution in [2.45, 2.75) is 31.3 Å². The monoisotopic (exact) mass is 360 g/mol. The fourth-order valence-electron chi connectivity index (χ4n) is 3.09. The Kier molecular flexibility index (Phi) is 5.11. The molecular formula is C20H22ClFN2O. The molecule has 0 saturated heterocycles. The van der Waals surface area contributed by atoms with E-state index in [1.165, 1.54) is 6.07 Å². The molecule has 0 radical (unpaired) electrons. The van der Waals surface area contributed by atoms with E-state index in [1.807, 2.05) is 49.3 Å². The number of carbonyl (C=O) groups is 1. The molecule has 25 heavy (non-hydrogen) atoms. The Morgan fingerprint density at radius 2 is 1.88 bits per heavy atom. The first-order valence-electron chi connectivity index (χ1n) is 8.37. The molecule has 1 aliphatic carbocycles. The SMILES string of the molecule is CN(C)Cc1cc(CNC(=O)C2(c3ccc(Cl)cc3)CC2)ccc1F. The molecule has 0 bridgehead atoms. The number of benzene rings is 2. The van der Waals surface area contributed by atoms with Gasteiger partial charge in [0, 0.05) is 23.7 Å². The van der Waals surface area contributed by atoms with Gasteiger partial charge < -0.3 is 10.2 Å². The standard InChI is InChI=1S/C20H22ClFN2O/c1-24(2)13-15-11-14(3-8-18(15)22)12-23-19(25)20(9-10-20)16-4-6-17(21)7-5-16/h3-8,11H,9-10,12-13H2,1-2H3,(H,23,25). The number of nitrogens with one attached hydrogen (secondary N) is 1. The Morgan fingerprint density at radius 1 is 1.20 bits per heavy atom. The lowest BCUT2D eigenvalue weighted by atomic mass is 9.95. The lowest BCUT2D eigenvalue weighted by Crippen LogP contribution is -2.34. The molecule has 0 atom stereocenters. The third kappa shape index (κ3) is 4.02. The van der Waals surface area contributed by atoms with Crippen LogP contribution in [-0.2, 0) is 23.3 Å². The van der Waals surface area contributed by atoms with Gasteiger partial charge in [0.05, 0.1) is 5.41 Å². The van der Waals surface area contributed by atoms with Gasteiger partial charge in [0.25, 0.3) is 0 Å². The van der Waals surface area contributed by atoms with E-state index in [-0.39, 0.29) is 11.7 Å². The summed E-state index contributed by atoms with van der Waals surface area (Å²) in [5, 5.41) is 3.67. The molecule has 1 N–H and O–H groups in total. The highest BCUT2D eigenvalue weighted by molar-refractivity contribution is 6.30. The summed E-state index contributed by atoms with van der Waals surface area (Å²) >= 11 is 5.93. The van der Waals surface area contributed by atoms with E-state index in [4.69, 9.17) is 11.6 Å². The fraction of sp³-hybridized carbons (Fsp3) is 0.350. The molecule has 0 heterocycles. The number of nitrogens with zero attached hydrogens (tertiary/aromatic N) is 1. The Morgan fingerprint density at radius 3 is 2.48 bits per heavy atom. The normalized spacial score (nSPS) is 15.2. The zero-order valence-corrected chi connectivity index (χ0v) is 15.2. The van der Waals surface area contributed by atoms with Crippen LogP contribution >= 0.6 is 11.6 Å². The maximum absolute atomic E-state index is 13.9. The number of hydrogen-bond donors (Lipinski definition) is 1. The second kappa shape index (κ2) is 7.14. The van der Waals surface area contributed by atoms with Gasteiger partial charge in [0.1, 0.15) is 5.82 Å². The molecule has 1 aliphatic rings. The molecule has 3 rings (SSSR count). The smallest absolute Gasteiger partial charge is 0.230 e. The predicted octanol–water partition coefficient (Wildman–Crippen LogP) is 3.89. The fourth-order valence-corrected chi connectivity index (χ4v) is 3.22. The van der Waals surface area contributed by atoms with Crippen molar-refractivity contribution in [1.82, 2.24) is 10.2 Å². The van der Waals surface area contributed by atoms with Crippen LogP contribution in [0.25, 0.3) is 0 Å². The summed E-state index contributed by atoms with van der Waals surface area (Å²) in [6.07, 6.45) is 1.69. The first kappa shape index (κ1) is 17.9. The Balaban J connectivity index is 1.67. The molecule has 2 aromatic rings. The molecule has 3 nitrogen and oxygen atoms in total. The average Bonchev–Trinajstić information content (AvgIpc) is 3.37. The first-order valence-corrected chi connectivity index (χ1v) is 8.75. The molecule has 5 heteroatoms. The molecule has 0 spiro atoms. The van der Waals surface area contributed by atoms with E-state index in [0.717, 1.165) is 24.0 Å². The van der Waals surface area contributed by atoms with Gasteiger partial charge in [-0.3, -0.25) is 4.79 Å². The lowest BCUT2D eigenvalue weighted by molar-refractivity contribution is -0.123. The minimum absolute atomic E-state index is 0.0216. The summed E-state index contributed by atoms with van der Waals surface area (Å²) < 4.78 is 13.9. The molecule has 0 unspecified atom stereocenters. The van der Waals surface area contributed by atoms with Crippen LogP contribution in [0, 0.1) is 5.82 Å². The van der Waals surface area contributed by atoms with Crippen LogP contribution in [0.15, 0.2) is 42.5 Å². The summed E-state index contributed by atoms with van der Waals surface area (Å²) in [6, 6.07) is 12.5. The first-order chi connectivity index (χ1) is 11.9. The highest BCUT2D eigenvalue weighted by Gasteiger charge is 2.51. The van der Waals surface area contributed by atoms with E-state index < -0.39 is 5.41 Å². The second-order valence-electron chi connectivity index (χ2n) is 6.94. The van der Waals surface area contributed by atoms with Crippen LogP contribution in [0.1, 0.15) is 29.5 Å². The predicted molar refractivity (Wildman–Crippen MR) is 98.0 cm³/mol. The number of rotatable bonds is 6. The molecule has 132 valence electrons. The highest BCUT2D eigenvalue weighted by Crippen LogP contribution is 2.48. The zero-order valence-electron chi connectivity index (χ0n) is 14.5. The summed E-state index contributed by atoms with van der Waals surface area (Å²) in [5.41, 5.74) is 2.10. The van der Waals surface area contributed by atoms with Gasteiger partial charge in [-0.15, -0.1) is 0 Å². The molecule has 0 aromatic heterocycles. The van der Waals surface area contributed by atoms with Crippen molar-refractivity contribution in [3.63, 3.8) is 0 Å². The molecular weight excluding hydrogens is 339 g/mol. The Bertz CT molecular complexity index is 770. The van der Waals surface area contributed by atoms with Crippen LogP contribution in [-0.4, -0.2) is 24.9 Å². The highest BCUT2D eigenvalue weighted by atomic mass is 35.5. The minimum atomic E-state index is -0.433. The largest absolute Gasteiger partial charge is 0.351 e. The molecule has 1 fully saturated rings. The summed E-state index contributed by atoms with van der Waals surface area (Å²) in [7, 11) is 3.80. The van der Waals surface area contributed by atoms with Crippen LogP contribution in [0.3, 0.4) is 0 Å². The van der Waals surface area contributed by atoms with Crippen molar-refractivity contribution in [3.8, 4) is 0 Å². The molecule has 1 saturated carbocycles. The van der Waals surface area contributed by atoms with Gasteiger partial charge in [0.2, 0.25) is 5.91 Å². The molecule has 0 aliphatic heterocycles. The van der Waals surface area contributed by atoms with Gasteiger partial charge in [-0.1, -0.05) is 29.8 Å². The van der Waals surface area contributed by atoms with Gasteiger partial charge in [-0.05, 0) is 62.3 Å². The van der Waals surface area contributed by atoms with Crippen molar-refractivity contribution < 1.29 is 9.18 Å². The number of halogens is 2. The van der Waals surface area contributed by atoms with Crippen molar-refractivity contribution in [2.24, 2.45) is 0 Å². The lowest BCUT2D eigenvalue weighted by Gasteiger charge is -2.17. The summed E-state index contributed by atoms with van der Waals surface area (Å²) in [5.74, 6) is -0.197. The van der Waals surface area contributed by atoms with Crippen molar-refractivity contribution in [2.75, 3.05) is 14.1 Å². The van der Waals surface area contributed by atoms with Crippen LogP contribution in [0.5, 0.6) is 0 Å². The summed E-state index contributed by atoms with van der Waals surface area (Å²) in [4.78, 5) is 14.6. The van der Waals surface area contributed by atoms with Gasteiger partial charge >= 0.3 is 0 Å². The number of carbonyl (C=O) groups excluding carboxylic acids is 1. The van der Waals surface area contributed by atoms with Crippen molar-refractivity contribution >= 4 is 17.5 Å². The third-order valence-corrected chi connectivity index (χ3v) is 4.88. The van der Waals surface area contributed by atoms with Crippen molar-refractivity contribution in [3.05, 3.63) is 70.0 Å². The van der Waals surface area contributed by atoms with E-state index >= 15 is 0 Å². The van der Waals surface area contributed by atoms with Crippen LogP contribution in [0.4, 0.5) is 4.39 Å². The molecule has 1 amide bonds. The second-order valence-corrected chi connectivity index (χ2v) is 7.37. The van der Waals surface area contributed by atoms with E-state index in [0.29, 0.717) is 23.7 Å². The maximum Gasteiger partial charge on any atom is 0.230 e. The van der Waals surface area contributed by atoms with E-state index in [1.54, 1.807) is 6.07 Å². The topological polar surface area (TPSA) is 32.3 Å². The van der Waals surface area contributed by atoms with Crippen LogP contribution in [0.2, 0.25) is 5.02 Å². The Labute approximate surface area is 152 Å². The third-order valence-electron chi connectivity index (χ3n) is 4.63. The number of hydrogen-bond acceptors (Lipinski definition) is 2. The Hall–Kier alpha value is -1.91. The van der Waals surface area contributed by atoms with Gasteiger partial charge in [-0.25, -0.2) is 4.39 Å². The summed E-state index contributed by atoms with van der Waals surface area (Å²) in [6.45, 7) is 0.928. The van der Waals surface area contributed by atoms with Gasteiger partial charge in [0.15, 0.2) is 0 Å². The minimum Gasteiger partial charge on any atom is -0.351 e. The van der Waals surface area contributed by atoms with E-state index in [9.17, 15) is 9.18 Å².